The molecule has 160 valence electrons. The summed E-state index contributed by atoms with van der Waals surface area (Å²) < 4.78 is 0. The first-order valence-corrected chi connectivity index (χ1v) is 11.0. The van der Waals surface area contributed by atoms with Crippen molar-refractivity contribution in [2.45, 2.75) is 13.3 Å². The van der Waals surface area contributed by atoms with Crippen molar-refractivity contribution >= 4 is 29.1 Å². The van der Waals surface area contributed by atoms with E-state index < -0.39 is 0 Å². The van der Waals surface area contributed by atoms with Gasteiger partial charge in [0, 0.05) is 17.7 Å². The monoisotopic (exact) mass is 461 g/mol. The molecular weight excluding hydrogens is 441 g/mol. The van der Waals surface area contributed by atoms with Crippen LogP contribution in [0.15, 0.2) is 78.9 Å². The molecule has 4 nitrogen and oxygen atoms in total. The SMILES string of the molecule is Cc1nc(-c2ccccc2)nc(-c2ccc(Cl)c(Cl)c2)c1C(=O)NCCc1ccccc1. The topological polar surface area (TPSA) is 54.9 Å². The van der Waals surface area contributed by atoms with E-state index in [1.807, 2.05) is 73.7 Å². The molecule has 0 spiro atoms. The number of nitrogens with one attached hydrogen (secondary N) is 1. The first kappa shape index (κ1) is 22.0. The van der Waals surface area contributed by atoms with Gasteiger partial charge in [0.25, 0.3) is 5.91 Å². The van der Waals surface area contributed by atoms with Gasteiger partial charge < -0.3 is 5.32 Å². The molecule has 1 aromatic heterocycles. The van der Waals surface area contributed by atoms with Crippen molar-refractivity contribution in [1.29, 1.82) is 0 Å². The maximum absolute atomic E-state index is 13.2. The Morgan fingerprint density at radius 2 is 1.53 bits per heavy atom. The molecule has 0 saturated carbocycles. The lowest BCUT2D eigenvalue weighted by Crippen LogP contribution is -2.27. The van der Waals surface area contributed by atoms with Gasteiger partial charge in [-0.05, 0) is 31.0 Å². The van der Waals surface area contributed by atoms with Crippen LogP contribution in [0.3, 0.4) is 0 Å². The Morgan fingerprint density at radius 3 is 2.22 bits per heavy atom. The predicted octanol–water partition coefficient (Wildman–Crippen LogP) is 6.40. The molecule has 4 aromatic rings. The van der Waals surface area contributed by atoms with Gasteiger partial charge >= 0.3 is 0 Å². The van der Waals surface area contributed by atoms with Crippen LogP contribution in [-0.2, 0) is 6.42 Å². The number of aromatic nitrogens is 2. The summed E-state index contributed by atoms with van der Waals surface area (Å²) in [5.74, 6) is 0.323. The first-order chi connectivity index (χ1) is 15.5. The second-order valence-electron chi connectivity index (χ2n) is 7.34. The zero-order valence-electron chi connectivity index (χ0n) is 17.5. The van der Waals surface area contributed by atoms with Crippen molar-refractivity contribution in [3.63, 3.8) is 0 Å². The van der Waals surface area contributed by atoms with E-state index in [9.17, 15) is 4.79 Å². The fourth-order valence-electron chi connectivity index (χ4n) is 3.47. The highest BCUT2D eigenvalue weighted by Crippen LogP contribution is 2.31. The Bertz CT molecular complexity index is 1240. The second kappa shape index (κ2) is 9.94. The zero-order chi connectivity index (χ0) is 22.5. The summed E-state index contributed by atoms with van der Waals surface area (Å²) in [6.07, 6.45) is 0.733. The van der Waals surface area contributed by atoms with Crippen LogP contribution >= 0.6 is 23.2 Å². The van der Waals surface area contributed by atoms with Crippen LogP contribution in [0.2, 0.25) is 10.0 Å². The number of hydrogen-bond acceptors (Lipinski definition) is 3. The van der Waals surface area contributed by atoms with Gasteiger partial charge in [0.1, 0.15) is 0 Å². The van der Waals surface area contributed by atoms with E-state index in [-0.39, 0.29) is 5.91 Å². The van der Waals surface area contributed by atoms with E-state index in [4.69, 9.17) is 28.2 Å². The zero-order valence-corrected chi connectivity index (χ0v) is 19.0. The van der Waals surface area contributed by atoms with E-state index in [2.05, 4.69) is 10.3 Å². The minimum atomic E-state index is -0.223. The van der Waals surface area contributed by atoms with Gasteiger partial charge in [0.05, 0.1) is 27.0 Å². The molecule has 1 amide bonds. The average Bonchev–Trinajstić information content (AvgIpc) is 2.81. The Hall–Kier alpha value is -3.21. The minimum absolute atomic E-state index is 0.223. The molecule has 1 heterocycles. The normalized spacial score (nSPS) is 10.7. The van der Waals surface area contributed by atoms with Crippen LogP contribution in [0.25, 0.3) is 22.6 Å². The predicted molar refractivity (Wildman–Crippen MR) is 130 cm³/mol. The molecule has 3 aromatic carbocycles. The molecule has 0 bridgehead atoms. The Kier molecular flexibility index (Phi) is 6.84. The van der Waals surface area contributed by atoms with Crippen molar-refractivity contribution in [2.75, 3.05) is 6.54 Å². The Balaban J connectivity index is 1.71. The number of amides is 1. The van der Waals surface area contributed by atoms with Gasteiger partial charge in [-0.2, -0.15) is 0 Å². The van der Waals surface area contributed by atoms with E-state index in [0.29, 0.717) is 44.9 Å². The molecule has 6 heteroatoms. The summed E-state index contributed by atoms with van der Waals surface area (Å²) in [7, 11) is 0. The smallest absolute Gasteiger partial charge is 0.255 e. The summed E-state index contributed by atoms with van der Waals surface area (Å²) >= 11 is 12.4. The number of rotatable bonds is 6. The first-order valence-electron chi connectivity index (χ1n) is 10.2. The highest BCUT2D eigenvalue weighted by molar-refractivity contribution is 6.42. The fraction of sp³-hybridized carbons (Fsp3) is 0.115. The molecule has 4 rings (SSSR count). The third-order valence-corrected chi connectivity index (χ3v) is 5.82. The summed E-state index contributed by atoms with van der Waals surface area (Å²) in [6, 6.07) is 24.9. The molecule has 0 atom stereocenters. The molecule has 0 unspecified atom stereocenters. The lowest BCUT2D eigenvalue weighted by molar-refractivity contribution is 0.0953. The minimum Gasteiger partial charge on any atom is -0.352 e. The standard InChI is InChI=1S/C26H21Cl2N3O/c1-17-23(26(32)29-15-14-18-8-4-2-5-9-18)24(20-12-13-21(27)22(28)16-20)31-25(30-17)19-10-6-3-7-11-19/h2-13,16H,14-15H2,1H3,(H,29,32). The lowest BCUT2D eigenvalue weighted by atomic mass is 10.0. The van der Waals surface area contributed by atoms with Gasteiger partial charge in [0.15, 0.2) is 5.82 Å². The van der Waals surface area contributed by atoms with E-state index in [1.54, 1.807) is 12.1 Å². The summed E-state index contributed by atoms with van der Waals surface area (Å²) in [5, 5.41) is 3.85. The number of carbonyl (C=O) groups excluding carboxylic acids is 1. The van der Waals surface area contributed by atoms with Crippen molar-refractivity contribution < 1.29 is 4.79 Å². The molecule has 0 aliphatic carbocycles. The summed E-state index contributed by atoms with van der Waals surface area (Å²) in [5.41, 5.74) is 4.27. The molecule has 0 aliphatic rings. The Labute approximate surface area is 197 Å². The highest BCUT2D eigenvalue weighted by atomic mass is 35.5. The number of aryl methyl sites for hydroxylation is 1. The van der Waals surface area contributed by atoms with Crippen LogP contribution in [0.1, 0.15) is 21.6 Å². The van der Waals surface area contributed by atoms with Crippen LogP contribution in [0.5, 0.6) is 0 Å². The summed E-state index contributed by atoms with van der Waals surface area (Å²) in [4.78, 5) is 22.6. The van der Waals surface area contributed by atoms with Gasteiger partial charge in [-0.15, -0.1) is 0 Å². The van der Waals surface area contributed by atoms with Crippen molar-refractivity contribution in [3.8, 4) is 22.6 Å². The maximum atomic E-state index is 13.2. The lowest BCUT2D eigenvalue weighted by Gasteiger charge is -2.14. The quantitative estimate of drug-likeness (QED) is 0.361. The number of benzene rings is 3. The van der Waals surface area contributed by atoms with Gasteiger partial charge in [0.2, 0.25) is 0 Å². The van der Waals surface area contributed by atoms with Crippen molar-refractivity contribution in [1.82, 2.24) is 15.3 Å². The van der Waals surface area contributed by atoms with Crippen LogP contribution in [0, 0.1) is 6.92 Å². The molecule has 1 N–H and O–H groups in total. The second-order valence-corrected chi connectivity index (χ2v) is 8.16. The van der Waals surface area contributed by atoms with Gasteiger partial charge in [-0.3, -0.25) is 4.79 Å². The number of carbonyl (C=O) groups is 1. The van der Waals surface area contributed by atoms with E-state index >= 15 is 0 Å². The Morgan fingerprint density at radius 1 is 0.844 bits per heavy atom. The third-order valence-electron chi connectivity index (χ3n) is 5.08. The largest absolute Gasteiger partial charge is 0.352 e. The highest BCUT2D eigenvalue weighted by Gasteiger charge is 2.21. The molecule has 32 heavy (non-hydrogen) atoms. The average molecular weight is 462 g/mol. The van der Waals surface area contributed by atoms with Crippen molar-refractivity contribution in [2.24, 2.45) is 0 Å². The van der Waals surface area contributed by atoms with Crippen molar-refractivity contribution in [3.05, 3.63) is 106 Å². The molecule has 0 saturated heterocycles. The summed E-state index contributed by atoms with van der Waals surface area (Å²) in [6.45, 7) is 2.32. The number of halogens is 2. The van der Waals surface area contributed by atoms with Gasteiger partial charge in [-0.25, -0.2) is 9.97 Å². The third kappa shape index (κ3) is 4.98. The van der Waals surface area contributed by atoms with E-state index in [1.165, 1.54) is 0 Å². The molecule has 0 radical (unpaired) electrons. The number of hydrogen-bond donors (Lipinski definition) is 1. The fourth-order valence-corrected chi connectivity index (χ4v) is 3.76. The maximum Gasteiger partial charge on any atom is 0.255 e. The van der Waals surface area contributed by atoms with Crippen LogP contribution < -0.4 is 5.32 Å². The number of nitrogens with zero attached hydrogens (tertiary/aromatic N) is 2. The van der Waals surface area contributed by atoms with Crippen LogP contribution in [-0.4, -0.2) is 22.4 Å². The molecular formula is C26H21Cl2N3O. The van der Waals surface area contributed by atoms with Crippen LogP contribution in [0.4, 0.5) is 0 Å². The van der Waals surface area contributed by atoms with Gasteiger partial charge in [-0.1, -0.05) is 89.9 Å². The molecule has 0 fully saturated rings. The van der Waals surface area contributed by atoms with E-state index in [0.717, 1.165) is 17.5 Å². The molecule has 0 aliphatic heterocycles.